The number of piperazine rings is 1. The van der Waals surface area contributed by atoms with E-state index in [-0.39, 0.29) is 11.8 Å². The van der Waals surface area contributed by atoms with Crippen LogP contribution in [0.25, 0.3) is 11.1 Å². The fourth-order valence-corrected chi connectivity index (χ4v) is 5.11. The number of rotatable bonds is 13. The van der Waals surface area contributed by atoms with Gasteiger partial charge in [0.25, 0.3) is 0 Å². The van der Waals surface area contributed by atoms with Crippen molar-refractivity contribution in [1.29, 1.82) is 0 Å². The van der Waals surface area contributed by atoms with Crippen molar-refractivity contribution in [3.05, 3.63) is 59.7 Å². The predicted octanol–water partition coefficient (Wildman–Crippen LogP) is 5.21. The fourth-order valence-electron chi connectivity index (χ4n) is 5.11. The number of hydrogen-bond acceptors (Lipinski definition) is 3. The van der Waals surface area contributed by atoms with Gasteiger partial charge in [-0.15, -0.1) is 0 Å². The molecular formula is C31H44N4O3. The third kappa shape index (κ3) is 7.36. The van der Waals surface area contributed by atoms with Gasteiger partial charge in [-0.05, 0) is 48.1 Å². The highest BCUT2D eigenvalue weighted by Crippen LogP contribution is 2.25. The van der Waals surface area contributed by atoms with Crippen molar-refractivity contribution >= 4 is 17.8 Å². The predicted molar refractivity (Wildman–Crippen MR) is 152 cm³/mol. The highest BCUT2D eigenvalue weighted by atomic mass is 16.2. The number of carbonyl (C=O) groups is 3. The van der Waals surface area contributed by atoms with Crippen LogP contribution in [0.15, 0.2) is 48.5 Å². The summed E-state index contributed by atoms with van der Waals surface area (Å²) in [6.45, 7) is 7.86. The van der Waals surface area contributed by atoms with Crippen LogP contribution in [-0.4, -0.2) is 64.8 Å². The topological polar surface area (TPSA) is 87.0 Å². The average Bonchev–Trinajstić information content (AvgIpc) is 2.92. The van der Waals surface area contributed by atoms with Gasteiger partial charge < -0.3 is 20.4 Å². The Morgan fingerprint density at radius 1 is 0.895 bits per heavy atom. The molecule has 3 rings (SSSR count). The Balaban J connectivity index is 1.70. The van der Waals surface area contributed by atoms with Gasteiger partial charge in [-0.3, -0.25) is 9.59 Å². The first-order valence-electron chi connectivity index (χ1n) is 14.1. The summed E-state index contributed by atoms with van der Waals surface area (Å²) in [4.78, 5) is 43.2. The van der Waals surface area contributed by atoms with E-state index >= 15 is 0 Å². The number of hydrogen-bond donors (Lipinski definition) is 1. The van der Waals surface area contributed by atoms with Crippen LogP contribution in [0.2, 0.25) is 0 Å². The molecule has 0 saturated carbocycles. The van der Waals surface area contributed by atoms with Crippen LogP contribution in [0.3, 0.4) is 0 Å². The lowest BCUT2D eigenvalue weighted by Crippen LogP contribution is -2.63. The molecule has 7 nitrogen and oxygen atoms in total. The third-order valence-electron chi connectivity index (χ3n) is 7.57. The number of likely N-dealkylation sites (N-methyl/N-ethyl adjacent to an activating group) is 1. The molecule has 7 heteroatoms. The van der Waals surface area contributed by atoms with E-state index in [0.29, 0.717) is 26.1 Å². The molecule has 1 saturated heterocycles. The van der Waals surface area contributed by atoms with Crippen molar-refractivity contribution in [3.63, 3.8) is 0 Å². The number of unbranched alkanes of at least 4 members (excludes halogenated alkanes) is 4. The smallest absolute Gasteiger partial charge is 0.315 e. The largest absolute Gasteiger partial charge is 0.351 e. The standard InChI is InChI=1S/C31H44N4O3/c1-5-7-9-10-19-35-23(3)29(36)33(4)28(30(35)37)21-24-14-16-26(17-15-24)27-13-11-12-25(20-27)22-34(31(32)38)18-8-6-2/h11-17,20,23,28H,5-10,18-19,21-22H2,1-4H3,(H2,32,38)/t23-,28-/m0/s1. The van der Waals surface area contributed by atoms with Crippen LogP contribution in [0.1, 0.15) is 70.4 Å². The van der Waals surface area contributed by atoms with Crippen LogP contribution < -0.4 is 5.73 Å². The molecule has 2 N–H and O–H groups in total. The molecule has 0 aliphatic carbocycles. The molecule has 1 heterocycles. The number of urea groups is 1. The minimum atomic E-state index is -0.484. The molecule has 0 bridgehead atoms. The zero-order valence-electron chi connectivity index (χ0n) is 23.5. The highest BCUT2D eigenvalue weighted by molar-refractivity contribution is 5.96. The van der Waals surface area contributed by atoms with Crippen LogP contribution in [0, 0.1) is 0 Å². The highest BCUT2D eigenvalue weighted by Gasteiger charge is 2.41. The zero-order valence-corrected chi connectivity index (χ0v) is 23.5. The van der Waals surface area contributed by atoms with E-state index in [9.17, 15) is 14.4 Å². The molecule has 206 valence electrons. The second-order valence-corrected chi connectivity index (χ2v) is 10.4. The van der Waals surface area contributed by atoms with Gasteiger partial charge in [0.2, 0.25) is 11.8 Å². The Morgan fingerprint density at radius 3 is 2.26 bits per heavy atom. The molecule has 1 aliphatic rings. The van der Waals surface area contributed by atoms with Crippen molar-refractivity contribution in [2.45, 2.75) is 84.3 Å². The quantitative estimate of drug-likeness (QED) is 0.368. The van der Waals surface area contributed by atoms with E-state index in [2.05, 4.69) is 32.0 Å². The lowest BCUT2D eigenvalue weighted by atomic mass is 9.96. The Labute approximate surface area is 228 Å². The van der Waals surface area contributed by atoms with E-state index in [1.807, 2.05) is 37.3 Å². The molecule has 4 amide bonds. The summed E-state index contributed by atoms with van der Waals surface area (Å²) in [6, 6.07) is 15.0. The molecule has 38 heavy (non-hydrogen) atoms. The second kappa shape index (κ2) is 14.0. The van der Waals surface area contributed by atoms with E-state index < -0.39 is 18.1 Å². The van der Waals surface area contributed by atoms with Crippen LogP contribution >= 0.6 is 0 Å². The summed E-state index contributed by atoms with van der Waals surface area (Å²) in [7, 11) is 1.74. The molecule has 0 unspecified atom stereocenters. The lowest BCUT2D eigenvalue weighted by Gasteiger charge is -2.42. The maximum atomic E-state index is 13.4. The minimum Gasteiger partial charge on any atom is -0.351 e. The van der Waals surface area contributed by atoms with Crippen molar-refractivity contribution < 1.29 is 14.4 Å². The summed E-state index contributed by atoms with van der Waals surface area (Å²) >= 11 is 0. The molecule has 0 spiro atoms. The summed E-state index contributed by atoms with van der Waals surface area (Å²) in [5, 5.41) is 0. The number of amides is 4. The molecule has 2 atom stereocenters. The summed E-state index contributed by atoms with van der Waals surface area (Å²) < 4.78 is 0. The molecule has 0 aromatic heterocycles. The van der Waals surface area contributed by atoms with Crippen LogP contribution in [0.5, 0.6) is 0 Å². The van der Waals surface area contributed by atoms with Crippen LogP contribution in [0.4, 0.5) is 4.79 Å². The van der Waals surface area contributed by atoms with E-state index in [1.54, 1.807) is 21.7 Å². The van der Waals surface area contributed by atoms with Gasteiger partial charge in [-0.2, -0.15) is 0 Å². The Morgan fingerprint density at radius 2 is 1.61 bits per heavy atom. The van der Waals surface area contributed by atoms with Crippen molar-refractivity contribution in [1.82, 2.24) is 14.7 Å². The normalized spacial score (nSPS) is 17.7. The lowest BCUT2D eigenvalue weighted by molar-refractivity contribution is -0.159. The van der Waals surface area contributed by atoms with E-state index in [1.165, 1.54) is 0 Å². The number of nitrogens with two attached hydrogens (primary N) is 1. The maximum Gasteiger partial charge on any atom is 0.315 e. The Kier molecular flexibility index (Phi) is 10.7. The summed E-state index contributed by atoms with van der Waals surface area (Å²) in [6.07, 6.45) is 6.70. The van der Waals surface area contributed by atoms with Crippen LogP contribution in [-0.2, 0) is 22.6 Å². The molecule has 1 aliphatic heterocycles. The number of carbonyl (C=O) groups excluding carboxylic acids is 3. The maximum absolute atomic E-state index is 13.4. The molecular weight excluding hydrogens is 476 g/mol. The van der Waals surface area contributed by atoms with Gasteiger partial charge in [-0.1, -0.05) is 82.0 Å². The van der Waals surface area contributed by atoms with E-state index in [0.717, 1.165) is 60.8 Å². The second-order valence-electron chi connectivity index (χ2n) is 10.4. The molecule has 2 aromatic rings. The SMILES string of the molecule is CCCCCCN1C(=O)[C@H](Cc2ccc(-c3cccc(CN(CCCC)C(N)=O)c3)cc2)N(C)C(=O)[C@@H]1C. The van der Waals surface area contributed by atoms with Crippen molar-refractivity contribution in [2.75, 3.05) is 20.1 Å². The first-order chi connectivity index (χ1) is 18.3. The third-order valence-corrected chi connectivity index (χ3v) is 7.57. The Bertz CT molecular complexity index is 1080. The number of benzene rings is 2. The minimum absolute atomic E-state index is 0.00229. The van der Waals surface area contributed by atoms with Crippen molar-refractivity contribution in [2.24, 2.45) is 5.73 Å². The molecule has 0 radical (unpaired) electrons. The van der Waals surface area contributed by atoms with Gasteiger partial charge in [0.05, 0.1) is 0 Å². The average molecular weight is 521 g/mol. The zero-order chi connectivity index (χ0) is 27.7. The van der Waals surface area contributed by atoms with Gasteiger partial charge in [0.15, 0.2) is 0 Å². The van der Waals surface area contributed by atoms with E-state index in [4.69, 9.17) is 5.73 Å². The summed E-state index contributed by atoms with van der Waals surface area (Å²) in [5.74, 6) is 0.0393. The van der Waals surface area contributed by atoms with Gasteiger partial charge in [-0.25, -0.2) is 4.79 Å². The molecule has 2 aromatic carbocycles. The van der Waals surface area contributed by atoms with Gasteiger partial charge in [0.1, 0.15) is 12.1 Å². The van der Waals surface area contributed by atoms with Crippen molar-refractivity contribution in [3.8, 4) is 11.1 Å². The summed E-state index contributed by atoms with van der Waals surface area (Å²) in [5.41, 5.74) is 9.74. The monoisotopic (exact) mass is 520 g/mol. The Hall–Kier alpha value is -3.35. The number of nitrogens with zero attached hydrogens (tertiary/aromatic N) is 3. The number of primary amides is 1. The fraction of sp³-hybridized carbons (Fsp3) is 0.516. The first-order valence-corrected chi connectivity index (χ1v) is 14.1. The van der Waals surface area contributed by atoms with Gasteiger partial charge in [0, 0.05) is 33.1 Å². The molecule has 1 fully saturated rings. The first kappa shape index (κ1) is 29.2. The van der Waals surface area contributed by atoms with Gasteiger partial charge >= 0.3 is 6.03 Å².